The van der Waals surface area contributed by atoms with Crippen LogP contribution in [0.2, 0.25) is 5.02 Å². The lowest BCUT2D eigenvalue weighted by atomic mass is 9.86. The molecule has 3 aliphatic rings. The van der Waals surface area contributed by atoms with Gasteiger partial charge in [-0.1, -0.05) is 43.7 Å². The summed E-state index contributed by atoms with van der Waals surface area (Å²) in [6, 6.07) is 19.1. The standard InChI is InChI=1S/C34H40ClN5S/c1-21-15-22(2)20-39(19-21)30-13-11-25(17-27(30)35)40-32(31(37-33(40)41)28-9-7-8-14-36-28)24-10-12-29-26(16-24)23(3)18-34(4,5)38(29)6/h7-14,16-18,21-22,31-32H,15,19-20H2,1-6H3,(H,37,41)/t21-,22+,31-,32-/m1/s1. The average Bonchev–Trinajstić information content (AvgIpc) is 3.28. The van der Waals surface area contributed by atoms with Gasteiger partial charge in [-0.3, -0.25) is 4.98 Å². The van der Waals surface area contributed by atoms with Crippen LogP contribution in [0, 0.1) is 11.8 Å². The molecule has 3 aliphatic heterocycles. The minimum atomic E-state index is -0.106. The maximum absolute atomic E-state index is 7.03. The Morgan fingerprint density at radius 1 is 1.00 bits per heavy atom. The molecule has 5 nitrogen and oxygen atoms in total. The fourth-order valence-corrected chi connectivity index (χ4v) is 7.73. The van der Waals surface area contributed by atoms with Gasteiger partial charge in [0.15, 0.2) is 5.11 Å². The average molecular weight is 586 g/mol. The molecule has 0 unspecified atom stereocenters. The third-order valence-corrected chi connectivity index (χ3v) is 9.72. The molecule has 41 heavy (non-hydrogen) atoms. The monoisotopic (exact) mass is 585 g/mol. The van der Waals surface area contributed by atoms with E-state index < -0.39 is 0 Å². The quantitative estimate of drug-likeness (QED) is 0.312. The summed E-state index contributed by atoms with van der Waals surface area (Å²) < 4.78 is 0. The molecule has 3 aromatic rings. The van der Waals surface area contributed by atoms with Crippen LogP contribution in [-0.4, -0.2) is 35.8 Å². The summed E-state index contributed by atoms with van der Waals surface area (Å²) in [6.45, 7) is 13.4. The van der Waals surface area contributed by atoms with Crippen LogP contribution < -0.4 is 20.0 Å². The third-order valence-electron chi connectivity index (χ3n) is 9.10. The van der Waals surface area contributed by atoms with E-state index in [0.29, 0.717) is 16.9 Å². The summed E-state index contributed by atoms with van der Waals surface area (Å²) in [5.41, 5.74) is 7.98. The summed E-state index contributed by atoms with van der Waals surface area (Å²) in [5.74, 6) is 1.30. The number of hydrogen-bond donors (Lipinski definition) is 1. The highest BCUT2D eigenvalue weighted by Crippen LogP contribution is 2.46. The van der Waals surface area contributed by atoms with Crippen molar-refractivity contribution in [3.05, 3.63) is 88.7 Å². The van der Waals surface area contributed by atoms with Crippen LogP contribution >= 0.6 is 23.8 Å². The highest BCUT2D eigenvalue weighted by molar-refractivity contribution is 7.80. The van der Waals surface area contributed by atoms with Crippen LogP contribution in [0.1, 0.15) is 69.9 Å². The molecule has 0 amide bonds. The first-order chi connectivity index (χ1) is 19.5. The fourth-order valence-electron chi connectivity index (χ4n) is 7.09. The minimum Gasteiger partial charge on any atom is -0.370 e. The number of pyridine rings is 1. The number of hydrogen-bond acceptors (Lipinski definition) is 4. The molecule has 2 fully saturated rings. The molecule has 7 heteroatoms. The Hall–Kier alpha value is -3.09. The van der Waals surface area contributed by atoms with Gasteiger partial charge in [0.2, 0.25) is 0 Å². The number of nitrogens with zero attached hydrogens (tertiary/aromatic N) is 4. The van der Waals surface area contributed by atoms with Crippen LogP contribution in [0.4, 0.5) is 17.1 Å². The van der Waals surface area contributed by atoms with Crippen molar-refractivity contribution in [3.8, 4) is 0 Å². The summed E-state index contributed by atoms with van der Waals surface area (Å²) in [4.78, 5) is 11.8. The molecule has 6 rings (SSSR count). The SMILES string of the molecule is CC1=CC(C)(C)N(C)c2ccc([C@@H]3[C@@H](c4ccccn4)NC(=S)N3c3ccc(N4C[C@H](C)C[C@H](C)C4)c(Cl)c3)cc21. The summed E-state index contributed by atoms with van der Waals surface area (Å²) in [6.07, 6.45) is 5.47. The Bertz CT molecular complexity index is 1490. The number of nitrogens with one attached hydrogen (secondary N) is 1. The van der Waals surface area contributed by atoms with Crippen LogP contribution in [0.15, 0.2) is 66.9 Å². The molecule has 2 saturated heterocycles. The van der Waals surface area contributed by atoms with Gasteiger partial charge in [0.1, 0.15) is 0 Å². The number of piperidine rings is 1. The van der Waals surface area contributed by atoms with Gasteiger partial charge in [0.25, 0.3) is 0 Å². The molecule has 2 aromatic carbocycles. The van der Waals surface area contributed by atoms with E-state index >= 15 is 0 Å². The third kappa shape index (κ3) is 5.10. The number of aromatic nitrogens is 1. The first-order valence-electron chi connectivity index (χ1n) is 14.7. The first kappa shape index (κ1) is 28.0. The zero-order valence-corrected chi connectivity index (χ0v) is 26.4. The molecule has 1 N–H and O–H groups in total. The Morgan fingerprint density at radius 3 is 2.41 bits per heavy atom. The van der Waals surface area contributed by atoms with Crippen molar-refractivity contribution in [1.82, 2.24) is 10.3 Å². The molecule has 214 valence electrons. The van der Waals surface area contributed by atoms with Crippen molar-refractivity contribution in [3.63, 3.8) is 0 Å². The van der Waals surface area contributed by atoms with Gasteiger partial charge >= 0.3 is 0 Å². The summed E-state index contributed by atoms with van der Waals surface area (Å²) in [7, 11) is 2.17. The van der Waals surface area contributed by atoms with E-state index in [0.717, 1.165) is 35.2 Å². The zero-order chi connectivity index (χ0) is 29.1. The molecule has 0 saturated carbocycles. The second-order valence-corrected chi connectivity index (χ2v) is 13.6. The van der Waals surface area contributed by atoms with E-state index in [4.69, 9.17) is 28.8 Å². The van der Waals surface area contributed by atoms with E-state index in [-0.39, 0.29) is 17.6 Å². The normalized spacial score (nSPS) is 25.6. The minimum absolute atomic E-state index is 0.0416. The number of halogens is 1. The molecular weight excluding hydrogens is 546 g/mol. The van der Waals surface area contributed by atoms with E-state index in [2.05, 4.69) is 110 Å². The van der Waals surface area contributed by atoms with Crippen molar-refractivity contribution in [1.29, 1.82) is 0 Å². The predicted molar refractivity (Wildman–Crippen MR) is 177 cm³/mol. The topological polar surface area (TPSA) is 34.6 Å². The first-order valence-corrected chi connectivity index (χ1v) is 15.4. The Balaban J connectivity index is 1.42. The molecule has 0 bridgehead atoms. The lowest BCUT2D eigenvalue weighted by Gasteiger charge is -2.41. The van der Waals surface area contributed by atoms with Gasteiger partial charge in [-0.25, -0.2) is 0 Å². The number of allylic oxidation sites excluding steroid dienone is 1. The molecule has 1 aromatic heterocycles. The van der Waals surface area contributed by atoms with Gasteiger partial charge < -0.3 is 20.0 Å². The summed E-state index contributed by atoms with van der Waals surface area (Å²) in [5, 5.41) is 5.05. The Labute approximate surface area is 255 Å². The van der Waals surface area contributed by atoms with Crippen molar-refractivity contribution >= 4 is 51.6 Å². The van der Waals surface area contributed by atoms with E-state index in [9.17, 15) is 0 Å². The van der Waals surface area contributed by atoms with Crippen molar-refractivity contribution in [2.75, 3.05) is 34.8 Å². The maximum atomic E-state index is 7.03. The molecule has 0 radical (unpaired) electrons. The highest BCUT2D eigenvalue weighted by Gasteiger charge is 2.41. The summed E-state index contributed by atoms with van der Waals surface area (Å²) >= 11 is 13.0. The van der Waals surface area contributed by atoms with E-state index in [1.165, 1.54) is 28.8 Å². The highest BCUT2D eigenvalue weighted by atomic mass is 35.5. The lowest BCUT2D eigenvalue weighted by molar-refractivity contribution is 0.357. The van der Waals surface area contributed by atoms with Crippen LogP contribution in [0.3, 0.4) is 0 Å². The van der Waals surface area contributed by atoms with Gasteiger partial charge in [0.05, 0.1) is 34.0 Å². The zero-order valence-electron chi connectivity index (χ0n) is 24.9. The van der Waals surface area contributed by atoms with Gasteiger partial charge in [0, 0.05) is 43.3 Å². The smallest absolute Gasteiger partial charge is 0.174 e. The van der Waals surface area contributed by atoms with Crippen molar-refractivity contribution in [2.24, 2.45) is 11.8 Å². The molecule has 4 heterocycles. The molecular formula is C34H40ClN5S. The lowest BCUT2D eigenvalue weighted by Crippen LogP contribution is -2.42. The van der Waals surface area contributed by atoms with Gasteiger partial charge in [-0.15, -0.1) is 0 Å². The van der Waals surface area contributed by atoms with Crippen LogP contribution in [0.5, 0.6) is 0 Å². The number of rotatable bonds is 4. The van der Waals surface area contributed by atoms with Crippen molar-refractivity contribution < 1.29 is 0 Å². The largest absolute Gasteiger partial charge is 0.370 e. The molecule has 0 spiro atoms. The number of fused-ring (bicyclic) bond motifs is 1. The number of benzene rings is 2. The van der Waals surface area contributed by atoms with Crippen LogP contribution in [0.25, 0.3) is 5.57 Å². The van der Waals surface area contributed by atoms with Crippen molar-refractivity contribution in [2.45, 2.75) is 58.7 Å². The second-order valence-electron chi connectivity index (χ2n) is 12.8. The van der Waals surface area contributed by atoms with E-state index in [1.54, 1.807) is 0 Å². The molecule has 4 atom stereocenters. The maximum Gasteiger partial charge on any atom is 0.174 e. The van der Waals surface area contributed by atoms with E-state index in [1.807, 2.05) is 18.3 Å². The number of likely N-dealkylation sites (N-methyl/N-ethyl adjacent to an activating group) is 1. The van der Waals surface area contributed by atoms with Gasteiger partial charge in [-0.2, -0.15) is 0 Å². The fraction of sp³-hybridized carbons (Fsp3) is 0.412. The second kappa shape index (κ2) is 10.6. The number of thiocarbonyl (C=S) groups is 1. The van der Waals surface area contributed by atoms with Gasteiger partial charge in [-0.05, 0) is 105 Å². The molecule has 0 aliphatic carbocycles. The Kier molecular flexibility index (Phi) is 7.27. The predicted octanol–water partition coefficient (Wildman–Crippen LogP) is 8.03. The Morgan fingerprint density at radius 2 is 1.73 bits per heavy atom. The van der Waals surface area contributed by atoms with Crippen LogP contribution in [-0.2, 0) is 0 Å². The number of anilines is 3.